The maximum atomic E-state index is 13.1. The maximum absolute atomic E-state index is 13.1. The van der Waals surface area contributed by atoms with Crippen molar-refractivity contribution in [2.45, 2.75) is 33.7 Å². The van der Waals surface area contributed by atoms with E-state index in [0.717, 1.165) is 12.0 Å². The summed E-state index contributed by atoms with van der Waals surface area (Å²) in [5.74, 6) is -0.196. The molecule has 168 valence electrons. The molecule has 1 N–H and O–H groups in total. The molecule has 0 aliphatic carbocycles. The number of rotatable bonds is 9. The molecule has 2 amide bonds. The number of aryl methyl sites for hydroxylation is 1. The monoisotopic (exact) mass is 438 g/mol. The second-order valence-corrected chi connectivity index (χ2v) is 8.00. The van der Waals surface area contributed by atoms with E-state index in [9.17, 15) is 14.0 Å². The fourth-order valence-corrected chi connectivity index (χ4v) is 3.05. The highest BCUT2D eigenvalue weighted by molar-refractivity contribution is 5.98. The molecule has 2 aromatic carbocycles. The number of carbonyl (C=O) groups is 2. The first-order valence-electron chi connectivity index (χ1n) is 10.5. The molecule has 1 heterocycles. The highest BCUT2D eigenvalue weighted by Crippen LogP contribution is 2.17. The minimum atomic E-state index is -0.364. The van der Waals surface area contributed by atoms with E-state index in [1.807, 2.05) is 25.1 Å². The first-order valence-corrected chi connectivity index (χ1v) is 10.5. The molecule has 0 bridgehead atoms. The molecule has 0 unspecified atom stereocenters. The predicted molar refractivity (Wildman–Crippen MR) is 119 cm³/mol. The SMILES string of the molecule is Cc1cccc(N(CC(=O)NCCC(C)C)C(=O)Cn2nnc(-c3ccc(F)cc3)n2)c1. The summed E-state index contributed by atoms with van der Waals surface area (Å²) in [7, 11) is 0. The largest absolute Gasteiger partial charge is 0.355 e. The summed E-state index contributed by atoms with van der Waals surface area (Å²) < 4.78 is 13.1. The van der Waals surface area contributed by atoms with Crippen LogP contribution in [0.3, 0.4) is 0 Å². The van der Waals surface area contributed by atoms with Gasteiger partial charge in [-0.2, -0.15) is 4.80 Å². The quantitative estimate of drug-likeness (QED) is 0.554. The fraction of sp³-hybridized carbons (Fsp3) is 0.348. The predicted octanol–water partition coefficient (Wildman–Crippen LogP) is 2.98. The van der Waals surface area contributed by atoms with Gasteiger partial charge in [-0.3, -0.25) is 9.59 Å². The average Bonchev–Trinajstić information content (AvgIpc) is 3.20. The van der Waals surface area contributed by atoms with E-state index >= 15 is 0 Å². The van der Waals surface area contributed by atoms with E-state index in [1.54, 1.807) is 18.2 Å². The fourth-order valence-electron chi connectivity index (χ4n) is 3.05. The minimum absolute atomic E-state index is 0.111. The number of halogens is 1. The van der Waals surface area contributed by atoms with Crippen LogP contribution in [0.4, 0.5) is 10.1 Å². The number of nitrogens with one attached hydrogen (secondary N) is 1. The number of tetrazole rings is 1. The molecule has 0 radical (unpaired) electrons. The first kappa shape index (κ1) is 23.1. The van der Waals surface area contributed by atoms with Crippen molar-refractivity contribution in [1.29, 1.82) is 0 Å². The van der Waals surface area contributed by atoms with Crippen LogP contribution in [0, 0.1) is 18.7 Å². The number of aromatic nitrogens is 4. The highest BCUT2D eigenvalue weighted by atomic mass is 19.1. The zero-order valence-electron chi connectivity index (χ0n) is 18.5. The van der Waals surface area contributed by atoms with Crippen LogP contribution in [0.5, 0.6) is 0 Å². The Labute approximate surface area is 186 Å². The summed E-state index contributed by atoms with van der Waals surface area (Å²) in [6, 6.07) is 13.1. The molecule has 0 aliphatic rings. The van der Waals surface area contributed by atoms with Gasteiger partial charge < -0.3 is 10.2 Å². The smallest absolute Gasteiger partial charge is 0.251 e. The van der Waals surface area contributed by atoms with Crippen LogP contribution in [-0.2, 0) is 16.1 Å². The van der Waals surface area contributed by atoms with Crippen LogP contribution in [0.2, 0.25) is 0 Å². The molecular formula is C23H27FN6O2. The standard InChI is InChI=1S/C23H27FN6O2/c1-16(2)11-12-25-21(31)14-29(20-6-4-5-17(3)13-20)22(32)15-30-27-23(26-28-30)18-7-9-19(24)10-8-18/h4-10,13,16H,11-12,14-15H2,1-3H3,(H,25,31). The Morgan fingerprint density at radius 3 is 2.59 bits per heavy atom. The van der Waals surface area contributed by atoms with Gasteiger partial charge in [0.25, 0.3) is 5.91 Å². The van der Waals surface area contributed by atoms with Gasteiger partial charge in [0.2, 0.25) is 11.7 Å². The van der Waals surface area contributed by atoms with Gasteiger partial charge in [-0.25, -0.2) is 4.39 Å². The Morgan fingerprint density at radius 2 is 1.91 bits per heavy atom. The lowest BCUT2D eigenvalue weighted by Gasteiger charge is -2.22. The van der Waals surface area contributed by atoms with E-state index in [1.165, 1.54) is 21.8 Å². The Balaban J connectivity index is 1.73. The Hall–Kier alpha value is -3.62. The molecule has 32 heavy (non-hydrogen) atoms. The van der Waals surface area contributed by atoms with Crippen LogP contribution in [0.1, 0.15) is 25.8 Å². The van der Waals surface area contributed by atoms with Crippen molar-refractivity contribution < 1.29 is 14.0 Å². The zero-order chi connectivity index (χ0) is 23.1. The van der Waals surface area contributed by atoms with Crippen molar-refractivity contribution in [2.75, 3.05) is 18.0 Å². The molecule has 9 heteroatoms. The number of hydrogen-bond acceptors (Lipinski definition) is 5. The van der Waals surface area contributed by atoms with E-state index in [0.29, 0.717) is 23.7 Å². The van der Waals surface area contributed by atoms with Crippen molar-refractivity contribution in [2.24, 2.45) is 5.92 Å². The van der Waals surface area contributed by atoms with Gasteiger partial charge in [0.05, 0.1) is 0 Å². The number of hydrogen-bond donors (Lipinski definition) is 1. The summed E-state index contributed by atoms with van der Waals surface area (Å²) in [4.78, 5) is 28.2. The molecule has 0 atom stereocenters. The van der Waals surface area contributed by atoms with Crippen LogP contribution in [-0.4, -0.2) is 45.1 Å². The average molecular weight is 439 g/mol. The Kier molecular flexibility index (Phi) is 7.64. The molecule has 0 spiro atoms. The third-order valence-corrected chi connectivity index (χ3v) is 4.79. The molecular weight excluding hydrogens is 411 g/mol. The first-order chi connectivity index (χ1) is 15.3. The van der Waals surface area contributed by atoms with Crippen LogP contribution >= 0.6 is 0 Å². The number of amides is 2. The summed E-state index contributed by atoms with van der Waals surface area (Å²) in [6.07, 6.45) is 0.860. The van der Waals surface area contributed by atoms with Crippen molar-refractivity contribution in [3.8, 4) is 11.4 Å². The van der Waals surface area contributed by atoms with Gasteiger partial charge in [-0.15, -0.1) is 10.2 Å². The van der Waals surface area contributed by atoms with E-state index in [4.69, 9.17) is 0 Å². The van der Waals surface area contributed by atoms with Gasteiger partial charge in [-0.1, -0.05) is 26.0 Å². The molecule has 3 aromatic rings. The van der Waals surface area contributed by atoms with Crippen molar-refractivity contribution in [3.63, 3.8) is 0 Å². The molecule has 3 rings (SSSR count). The van der Waals surface area contributed by atoms with Gasteiger partial charge in [0, 0.05) is 17.8 Å². The van der Waals surface area contributed by atoms with Gasteiger partial charge >= 0.3 is 0 Å². The summed E-state index contributed by atoms with van der Waals surface area (Å²) in [6.45, 7) is 6.34. The lowest BCUT2D eigenvalue weighted by atomic mass is 10.1. The van der Waals surface area contributed by atoms with E-state index in [-0.39, 0.29) is 36.5 Å². The zero-order valence-corrected chi connectivity index (χ0v) is 18.5. The molecule has 0 saturated carbocycles. The van der Waals surface area contributed by atoms with Gasteiger partial charge in [0.15, 0.2) is 0 Å². The van der Waals surface area contributed by atoms with E-state index in [2.05, 4.69) is 34.6 Å². The third kappa shape index (κ3) is 6.44. The van der Waals surface area contributed by atoms with Gasteiger partial charge in [0.1, 0.15) is 18.9 Å². The van der Waals surface area contributed by atoms with Crippen molar-refractivity contribution in [3.05, 3.63) is 59.9 Å². The molecule has 1 aromatic heterocycles. The summed E-state index contributed by atoms with van der Waals surface area (Å²) in [5, 5.41) is 15.0. The lowest BCUT2D eigenvalue weighted by molar-refractivity contribution is -0.124. The molecule has 8 nitrogen and oxygen atoms in total. The Morgan fingerprint density at radius 1 is 1.16 bits per heavy atom. The lowest BCUT2D eigenvalue weighted by Crippen LogP contribution is -2.43. The highest BCUT2D eigenvalue weighted by Gasteiger charge is 2.21. The maximum Gasteiger partial charge on any atom is 0.251 e. The molecule has 0 aliphatic heterocycles. The van der Waals surface area contributed by atoms with Crippen molar-refractivity contribution >= 4 is 17.5 Å². The van der Waals surface area contributed by atoms with E-state index < -0.39 is 0 Å². The second kappa shape index (κ2) is 10.6. The molecule has 0 saturated heterocycles. The third-order valence-electron chi connectivity index (χ3n) is 4.79. The van der Waals surface area contributed by atoms with Crippen molar-refractivity contribution in [1.82, 2.24) is 25.5 Å². The number of benzene rings is 2. The summed E-state index contributed by atoms with van der Waals surface area (Å²) >= 11 is 0. The van der Waals surface area contributed by atoms with Gasteiger partial charge in [-0.05, 0) is 66.4 Å². The molecule has 0 fully saturated rings. The van der Waals surface area contributed by atoms with Crippen LogP contribution in [0.25, 0.3) is 11.4 Å². The number of carbonyl (C=O) groups excluding carboxylic acids is 2. The second-order valence-electron chi connectivity index (χ2n) is 8.00. The van der Waals surface area contributed by atoms with Crippen LogP contribution < -0.4 is 10.2 Å². The van der Waals surface area contributed by atoms with Crippen LogP contribution in [0.15, 0.2) is 48.5 Å². The topological polar surface area (TPSA) is 93.0 Å². The Bertz CT molecular complexity index is 1060. The summed E-state index contributed by atoms with van der Waals surface area (Å²) in [5.41, 5.74) is 2.18. The number of anilines is 1. The normalized spacial score (nSPS) is 10.9. The minimum Gasteiger partial charge on any atom is -0.355 e. The number of nitrogens with zero attached hydrogens (tertiary/aromatic N) is 5.